The van der Waals surface area contributed by atoms with Gasteiger partial charge in [0.15, 0.2) is 0 Å². The molecule has 2 N–H and O–H groups in total. The summed E-state index contributed by atoms with van der Waals surface area (Å²) in [5.41, 5.74) is 5.34. The van der Waals surface area contributed by atoms with Gasteiger partial charge in [0, 0.05) is 33.0 Å². The maximum Gasteiger partial charge on any atom is 0.410 e. The summed E-state index contributed by atoms with van der Waals surface area (Å²) in [5, 5.41) is 0. The molecule has 6 heteroatoms. The molecule has 1 aromatic rings. The van der Waals surface area contributed by atoms with Gasteiger partial charge in [-0.15, -0.1) is 0 Å². The second-order valence-corrected chi connectivity index (χ2v) is 5.09. The van der Waals surface area contributed by atoms with E-state index in [4.69, 9.17) is 15.2 Å². The standard InChI is InChI=1S/C15H20N2O4/c1-20-15(13(16)18)7-9-17(10-8-15)14(19)21-11-12-5-3-2-4-6-12/h2-6H,7-11H2,1H3,(H2,16,18). The molecule has 6 nitrogen and oxygen atoms in total. The van der Waals surface area contributed by atoms with Gasteiger partial charge >= 0.3 is 6.09 Å². The molecule has 0 radical (unpaired) electrons. The lowest BCUT2D eigenvalue weighted by Gasteiger charge is -2.37. The molecule has 1 aliphatic heterocycles. The Hall–Kier alpha value is -2.08. The summed E-state index contributed by atoms with van der Waals surface area (Å²) in [7, 11) is 1.47. The van der Waals surface area contributed by atoms with Crippen LogP contribution in [0.15, 0.2) is 30.3 Å². The van der Waals surface area contributed by atoms with E-state index in [0.29, 0.717) is 25.9 Å². The molecule has 0 aromatic heterocycles. The number of hydrogen-bond acceptors (Lipinski definition) is 4. The highest BCUT2D eigenvalue weighted by Gasteiger charge is 2.41. The minimum atomic E-state index is -0.962. The highest BCUT2D eigenvalue weighted by molar-refractivity contribution is 5.84. The Morgan fingerprint density at radius 1 is 1.24 bits per heavy atom. The molecule has 1 fully saturated rings. The Kier molecular flexibility index (Phi) is 4.80. The number of nitrogens with zero attached hydrogens (tertiary/aromatic N) is 1. The normalized spacial score (nSPS) is 17.3. The molecule has 0 atom stereocenters. The van der Waals surface area contributed by atoms with E-state index in [-0.39, 0.29) is 12.7 Å². The van der Waals surface area contributed by atoms with Crippen LogP contribution in [0.1, 0.15) is 18.4 Å². The Morgan fingerprint density at radius 2 is 1.86 bits per heavy atom. The van der Waals surface area contributed by atoms with Gasteiger partial charge in [-0.3, -0.25) is 4.79 Å². The van der Waals surface area contributed by atoms with Crippen LogP contribution in [-0.4, -0.2) is 42.7 Å². The first-order chi connectivity index (χ1) is 10.1. The van der Waals surface area contributed by atoms with Gasteiger partial charge in [0.1, 0.15) is 12.2 Å². The molecule has 2 amide bonds. The minimum Gasteiger partial charge on any atom is -0.445 e. The van der Waals surface area contributed by atoms with Crippen molar-refractivity contribution in [3.8, 4) is 0 Å². The van der Waals surface area contributed by atoms with E-state index >= 15 is 0 Å². The summed E-state index contributed by atoms with van der Waals surface area (Å²) in [6.07, 6.45) is 0.395. The lowest BCUT2D eigenvalue weighted by atomic mass is 9.90. The maximum atomic E-state index is 12.0. The fourth-order valence-corrected chi connectivity index (χ4v) is 2.41. The number of likely N-dealkylation sites (tertiary alicyclic amines) is 1. The number of carbonyl (C=O) groups excluding carboxylic acids is 2. The Balaban J connectivity index is 1.84. The van der Waals surface area contributed by atoms with Crippen LogP contribution in [0.2, 0.25) is 0 Å². The summed E-state index contributed by atoms with van der Waals surface area (Å²) in [5.74, 6) is -0.484. The Morgan fingerprint density at radius 3 is 2.38 bits per heavy atom. The van der Waals surface area contributed by atoms with Gasteiger partial charge in [-0.05, 0) is 5.56 Å². The third-order valence-electron chi connectivity index (χ3n) is 3.87. The number of ether oxygens (including phenoxy) is 2. The predicted octanol–water partition coefficient (Wildman–Crippen LogP) is 1.29. The molecule has 1 heterocycles. The lowest BCUT2D eigenvalue weighted by Crippen LogP contribution is -2.54. The van der Waals surface area contributed by atoms with Crippen molar-refractivity contribution in [2.45, 2.75) is 25.0 Å². The summed E-state index contributed by atoms with van der Waals surface area (Å²) >= 11 is 0. The van der Waals surface area contributed by atoms with E-state index in [1.165, 1.54) is 7.11 Å². The van der Waals surface area contributed by atoms with Crippen molar-refractivity contribution in [3.63, 3.8) is 0 Å². The van der Waals surface area contributed by atoms with Crippen LogP contribution in [0.4, 0.5) is 4.79 Å². The van der Waals surface area contributed by atoms with E-state index in [9.17, 15) is 9.59 Å². The zero-order chi connectivity index (χ0) is 15.3. The highest BCUT2D eigenvalue weighted by atomic mass is 16.6. The smallest absolute Gasteiger partial charge is 0.410 e. The average molecular weight is 292 g/mol. The molecule has 0 aliphatic carbocycles. The zero-order valence-electron chi connectivity index (χ0n) is 12.1. The molecule has 21 heavy (non-hydrogen) atoms. The fourth-order valence-electron chi connectivity index (χ4n) is 2.41. The van der Waals surface area contributed by atoms with Crippen molar-refractivity contribution < 1.29 is 19.1 Å². The minimum absolute atomic E-state index is 0.238. The molecule has 114 valence electrons. The Bertz CT molecular complexity index is 496. The number of methoxy groups -OCH3 is 1. The van der Waals surface area contributed by atoms with Crippen molar-refractivity contribution in [1.82, 2.24) is 4.90 Å². The summed E-state index contributed by atoms with van der Waals surface area (Å²) in [6.45, 7) is 1.02. The van der Waals surface area contributed by atoms with E-state index in [2.05, 4.69) is 0 Å². The van der Waals surface area contributed by atoms with Gasteiger partial charge in [-0.25, -0.2) is 4.79 Å². The monoisotopic (exact) mass is 292 g/mol. The van der Waals surface area contributed by atoms with Crippen LogP contribution in [0.5, 0.6) is 0 Å². The summed E-state index contributed by atoms with van der Waals surface area (Å²) < 4.78 is 10.5. The van der Waals surface area contributed by atoms with Crippen LogP contribution in [0, 0.1) is 0 Å². The molecule has 0 spiro atoms. The molecular weight excluding hydrogens is 272 g/mol. The van der Waals surface area contributed by atoms with Gasteiger partial charge in [-0.2, -0.15) is 0 Å². The average Bonchev–Trinajstić information content (AvgIpc) is 2.53. The first kappa shape index (κ1) is 15.3. The van der Waals surface area contributed by atoms with Crippen LogP contribution < -0.4 is 5.73 Å². The number of benzene rings is 1. The van der Waals surface area contributed by atoms with E-state index in [1.807, 2.05) is 30.3 Å². The van der Waals surface area contributed by atoms with Crippen molar-refractivity contribution >= 4 is 12.0 Å². The number of amides is 2. The van der Waals surface area contributed by atoms with Crippen LogP contribution in [-0.2, 0) is 20.9 Å². The van der Waals surface area contributed by atoms with E-state index < -0.39 is 11.5 Å². The van der Waals surface area contributed by atoms with Gasteiger partial charge in [0.2, 0.25) is 5.91 Å². The quantitative estimate of drug-likeness (QED) is 0.906. The van der Waals surface area contributed by atoms with Gasteiger partial charge in [0.25, 0.3) is 0 Å². The number of carbonyl (C=O) groups is 2. The molecule has 2 rings (SSSR count). The van der Waals surface area contributed by atoms with Crippen LogP contribution in [0.25, 0.3) is 0 Å². The van der Waals surface area contributed by atoms with E-state index in [0.717, 1.165) is 5.56 Å². The highest BCUT2D eigenvalue weighted by Crippen LogP contribution is 2.25. The van der Waals surface area contributed by atoms with Crippen molar-refractivity contribution in [2.75, 3.05) is 20.2 Å². The molecule has 1 aromatic carbocycles. The molecule has 0 saturated carbocycles. The lowest BCUT2D eigenvalue weighted by molar-refractivity contribution is -0.145. The van der Waals surface area contributed by atoms with Crippen molar-refractivity contribution in [3.05, 3.63) is 35.9 Å². The largest absolute Gasteiger partial charge is 0.445 e. The first-order valence-corrected chi connectivity index (χ1v) is 6.88. The van der Waals surface area contributed by atoms with Gasteiger partial charge < -0.3 is 20.1 Å². The fraction of sp³-hybridized carbons (Fsp3) is 0.467. The predicted molar refractivity (Wildman–Crippen MR) is 76.4 cm³/mol. The SMILES string of the molecule is COC1(C(N)=O)CCN(C(=O)OCc2ccccc2)CC1. The summed E-state index contributed by atoms with van der Waals surface area (Å²) in [4.78, 5) is 25.0. The third-order valence-corrected chi connectivity index (χ3v) is 3.87. The van der Waals surface area contributed by atoms with Gasteiger partial charge in [0.05, 0.1) is 0 Å². The number of rotatable bonds is 4. The second-order valence-electron chi connectivity index (χ2n) is 5.09. The molecular formula is C15H20N2O4. The summed E-state index contributed by atoms with van der Waals surface area (Å²) in [6, 6.07) is 9.48. The van der Waals surface area contributed by atoms with Crippen molar-refractivity contribution in [1.29, 1.82) is 0 Å². The number of piperidine rings is 1. The van der Waals surface area contributed by atoms with Crippen LogP contribution in [0.3, 0.4) is 0 Å². The topological polar surface area (TPSA) is 81.9 Å². The van der Waals surface area contributed by atoms with Crippen LogP contribution >= 0.6 is 0 Å². The van der Waals surface area contributed by atoms with E-state index in [1.54, 1.807) is 4.90 Å². The number of primary amides is 1. The number of nitrogens with two attached hydrogens (primary N) is 1. The second kappa shape index (κ2) is 6.58. The first-order valence-electron chi connectivity index (χ1n) is 6.88. The number of hydrogen-bond donors (Lipinski definition) is 1. The van der Waals surface area contributed by atoms with Crippen molar-refractivity contribution in [2.24, 2.45) is 5.73 Å². The molecule has 0 unspecified atom stereocenters. The Labute approximate surface area is 123 Å². The third kappa shape index (κ3) is 3.52. The molecule has 1 saturated heterocycles. The maximum absolute atomic E-state index is 12.0. The molecule has 1 aliphatic rings. The molecule has 0 bridgehead atoms. The zero-order valence-corrected chi connectivity index (χ0v) is 12.1. The van der Waals surface area contributed by atoms with Gasteiger partial charge in [-0.1, -0.05) is 30.3 Å².